The molecule has 2 aromatic heterocycles. The minimum Gasteiger partial charge on any atom is -0.360 e. The predicted molar refractivity (Wildman–Crippen MR) is 86.6 cm³/mol. The molecule has 0 aliphatic rings. The van der Waals surface area contributed by atoms with Crippen molar-refractivity contribution in [3.05, 3.63) is 38.7 Å². The average Bonchev–Trinajstić information content (AvgIpc) is 2.93. The molecule has 0 saturated heterocycles. The Morgan fingerprint density at radius 3 is 2.57 bits per heavy atom. The van der Waals surface area contributed by atoms with Gasteiger partial charge in [0, 0.05) is 9.75 Å². The topological polar surface area (TPSA) is 61.6 Å². The Bertz CT molecular complexity index is 669. The van der Waals surface area contributed by atoms with Crippen LogP contribution in [0.15, 0.2) is 12.1 Å². The second-order valence-electron chi connectivity index (χ2n) is 4.98. The summed E-state index contributed by atoms with van der Waals surface area (Å²) in [5.74, 6) is 0.588. The maximum absolute atomic E-state index is 9.48. The lowest BCUT2D eigenvalue weighted by Gasteiger charge is -2.16. The largest absolute Gasteiger partial charge is 0.360 e. The highest BCUT2D eigenvalue weighted by Crippen LogP contribution is 2.27. The van der Waals surface area contributed by atoms with Gasteiger partial charge in [0.25, 0.3) is 0 Å². The summed E-state index contributed by atoms with van der Waals surface area (Å²) in [6.07, 6.45) is 1.59. The molecular formula is C16H20N4S. The van der Waals surface area contributed by atoms with E-state index in [2.05, 4.69) is 47.6 Å². The minimum absolute atomic E-state index is 0.113. The van der Waals surface area contributed by atoms with Crippen LogP contribution in [0.1, 0.15) is 53.4 Å². The Kier molecular flexibility index (Phi) is 4.92. The number of nitriles is 1. The van der Waals surface area contributed by atoms with Crippen molar-refractivity contribution in [1.82, 2.24) is 10.2 Å². The molecule has 2 rings (SSSR count). The van der Waals surface area contributed by atoms with Gasteiger partial charge in [0.2, 0.25) is 0 Å². The maximum Gasteiger partial charge on any atom is 0.167 e. The number of rotatable bonds is 5. The number of nitrogens with zero attached hydrogens (tertiary/aromatic N) is 3. The van der Waals surface area contributed by atoms with Crippen LogP contribution in [0.25, 0.3) is 0 Å². The SMILES string of the molecule is CCc1nnc(NC(C)c2ccc(C)s2)c(C#N)c1CC. The Morgan fingerprint density at radius 1 is 1.29 bits per heavy atom. The van der Waals surface area contributed by atoms with Crippen molar-refractivity contribution in [3.63, 3.8) is 0 Å². The van der Waals surface area contributed by atoms with E-state index in [0.717, 1.165) is 24.1 Å². The molecule has 110 valence electrons. The smallest absolute Gasteiger partial charge is 0.167 e. The van der Waals surface area contributed by atoms with Crippen LogP contribution in [0, 0.1) is 18.3 Å². The van der Waals surface area contributed by atoms with Crippen LogP contribution in [-0.2, 0) is 12.8 Å². The third kappa shape index (κ3) is 3.22. The lowest BCUT2D eigenvalue weighted by atomic mass is 10.0. The number of thiophene rings is 1. The minimum atomic E-state index is 0.113. The number of nitrogens with one attached hydrogen (secondary N) is 1. The molecule has 0 aliphatic heterocycles. The van der Waals surface area contributed by atoms with Crippen molar-refractivity contribution in [2.24, 2.45) is 0 Å². The number of hydrogen-bond acceptors (Lipinski definition) is 5. The van der Waals surface area contributed by atoms with Crippen LogP contribution in [0.2, 0.25) is 0 Å². The van der Waals surface area contributed by atoms with E-state index in [1.54, 1.807) is 11.3 Å². The van der Waals surface area contributed by atoms with Crippen LogP contribution < -0.4 is 5.32 Å². The quantitative estimate of drug-likeness (QED) is 0.906. The van der Waals surface area contributed by atoms with Crippen molar-refractivity contribution in [3.8, 4) is 6.07 Å². The third-order valence-corrected chi connectivity index (χ3v) is 4.68. The summed E-state index contributed by atoms with van der Waals surface area (Å²) in [6.45, 7) is 8.25. The van der Waals surface area contributed by atoms with Crippen LogP contribution in [0.4, 0.5) is 5.82 Å². The molecule has 21 heavy (non-hydrogen) atoms. The van der Waals surface area contributed by atoms with Gasteiger partial charge in [-0.25, -0.2) is 0 Å². The highest BCUT2D eigenvalue weighted by molar-refractivity contribution is 7.12. The molecule has 1 unspecified atom stereocenters. The molecule has 1 N–H and O–H groups in total. The van der Waals surface area contributed by atoms with Crippen LogP contribution >= 0.6 is 11.3 Å². The van der Waals surface area contributed by atoms with E-state index >= 15 is 0 Å². The predicted octanol–water partition coefficient (Wildman–Crippen LogP) is 4.02. The maximum atomic E-state index is 9.48. The fraction of sp³-hybridized carbons (Fsp3) is 0.438. The van der Waals surface area contributed by atoms with Crippen molar-refractivity contribution < 1.29 is 0 Å². The van der Waals surface area contributed by atoms with Gasteiger partial charge >= 0.3 is 0 Å². The van der Waals surface area contributed by atoms with Gasteiger partial charge < -0.3 is 5.32 Å². The Morgan fingerprint density at radius 2 is 2.05 bits per heavy atom. The van der Waals surface area contributed by atoms with Crippen molar-refractivity contribution >= 4 is 17.2 Å². The van der Waals surface area contributed by atoms with E-state index in [1.807, 2.05) is 13.8 Å². The summed E-state index contributed by atoms with van der Waals surface area (Å²) in [7, 11) is 0. The number of anilines is 1. The van der Waals surface area contributed by atoms with E-state index in [9.17, 15) is 5.26 Å². The zero-order valence-electron chi connectivity index (χ0n) is 12.9. The lowest BCUT2D eigenvalue weighted by molar-refractivity contribution is 0.838. The van der Waals surface area contributed by atoms with Gasteiger partial charge in [-0.1, -0.05) is 13.8 Å². The molecule has 0 fully saturated rings. The molecule has 0 spiro atoms. The first-order chi connectivity index (χ1) is 10.1. The van der Waals surface area contributed by atoms with Crippen molar-refractivity contribution in [2.75, 3.05) is 5.32 Å². The molecule has 0 bridgehead atoms. The van der Waals surface area contributed by atoms with E-state index in [1.165, 1.54) is 9.75 Å². The summed E-state index contributed by atoms with van der Waals surface area (Å²) in [6, 6.07) is 6.62. The van der Waals surface area contributed by atoms with E-state index in [-0.39, 0.29) is 6.04 Å². The monoisotopic (exact) mass is 300 g/mol. The summed E-state index contributed by atoms with van der Waals surface area (Å²) in [5.41, 5.74) is 2.55. The molecule has 0 saturated carbocycles. The van der Waals surface area contributed by atoms with Gasteiger partial charge in [-0.2, -0.15) is 10.4 Å². The third-order valence-electron chi connectivity index (χ3n) is 3.50. The molecule has 2 aromatic rings. The summed E-state index contributed by atoms with van der Waals surface area (Å²) in [5, 5.41) is 21.3. The Hall–Kier alpha value is -1.93. The first-order valence-corrected chi connectivity index (χ1v) is 8.03. The molecule has 4 nitrogen and oxygen atoms in total. The van der Waals surface area contributed by atoms with Gasteiger partial charge in [-0.15, -0.1) is 16.4 Å². The standard InChI is InChI=1S/C16H20N4S/c1-5-12-13(9-17)16(20-19-14(12)6-2)18-11(4)15-8-7-10(3)21-15/h7-8,11H,5-6H2,1-4H3,(H,18,20). The molecule has 0 amide bonds. The lowest BCUT2D eigenvalue weighted by Crippen LogP contribution is -2.12. The molecule has 0 aromatic carbocycles. The molecule has 5 heteroatoms. The van der Waals surface area contributed by atoms with E-state index < -0.39 is 0 Å². The van der Waals surface area contributed by atoms with Crippen LogP contribution in [0.3, 0.4) is 0 Å². The van der Waals surface area contributed by atoms with Gasteiger partial charge in [0.05, 0.1) is 11.7 Å². The Labute approximate surface area is 129 Å². The number of aryl methyl sites for hydroxylation is 2. The second-order valence-corrected chi connectivity index (χ2v) is 6.30. The van der Waals surface area contributed by atoms with Crippen LogP contribution in [-0.4, -0.2) is 10.2 Å². The van der Waals surface area contributed by atoms with E-state index in [0.29, 0.717) is 11.4 Å². The zero-order valence-corrected chi connectivity index (χ0v) is 13.7. The average molecular weight is 300 g/mol. The molecular weight excluding hydrogens is 280 g/mol. The van der Waals surface area contributed by atoms with Crippen LogP contribution in [0.5, 0.6) is 0 Å². The summed E-state index contributed by atoms with van der Waals surface area (Å²) >= 11 is 1.75. The van der Waals surface area contributed by atoms with Gasteiger partial charge in [0.15, 0.2) is 5.82 Å². The molecule has 1 atom stereocenters. The van der Waals surface area contributed by atoms with Gasteiger partial charge in [-0.05, 0) is 44.4 Å². The summed E-state index contributed by atoms with van der Waals surface area (Å²) in [4.78, 5) is 2.51. The molecule has 0 radical (unpaired) electrons. The van der Waals surface area contributed by atoms with Crippen molar-refractivity contribution in [1.29, 1.82) is 5.26 Å². The van der Waals surface area contributed by atoms with E-state index in [4.69, 9.17) is 0 Å². The second kappa shape index (κ2) is 6.68. The fourth-order valence-electron chi connectivity index (χ4n) is 2.36. The zero-order chi connectivity index (χ0) is 15.4. The normalized spacial score (nSPS) is 12.0. The summed E-state index contributed by atoms with van der Waals surface area (Å²) < 4.78 is 0. The molecule has 0 aliphatic carbocycles. The number of hydrogen-bond donors (Lipinski definition) is 1. The highest BCUT2D eigenvalue weighted by atomic mass is 32.1. The van der Waals surface area contributed by atoms with Crippen molar-refractivity contribution in [2.45, 2.75) is 46.6 Å². The van der Waals surface area contributed by atoms with Gasteiger partial charge in [-0.3, -0.25) is 0 Å². The first-order valence-electron chi connectivity index (χ1n) is 7.22. The first kappa shape index (κ1) is 15.5. The Balaban J connectivity index is 2.34. The number of aromatic nitrogens is 2. The fourth-order valence-corrected chi connectivity index (χ4v) is 3.24. The highest BCUT2D eigenvalue weighted by Gasteiger charge is 2.17. The van der Waals surface area contributed by atoms with Gasteiger partial charge in [0.1, 0.15) is 11.6 Å². The molecule has 2 heterocycles.